The van der Waals surface area contributed by atoms with Crippen molar-refractivity contribution in [2.75, 3.05) is 31.1 Å². The molecule has 4 aromatic rings. The van der Waals surface area contributed by atoms with E-state index in [0.717, 1.165) is 27.8 Å². The first-order chi connectivity index (χ1) is 20.3. The van der Waals surface area contributed by atoms with Crippen molar-refractivity contribution >= 4 is 5.69 Å². The summed E-state index contributed by atoms with van der Waals surface area (Å²) in [7, 11) is 0. The fraction of sp³-hybridized carbons (Fsp3) is 0.281. The Morgan fingerprint density at radius 3 is 2.17 bits per heavy atom. The Morgan fingerprint density at radius 1 is 0.857 bits per heavy atom. The summed E-state index contributed by atoms with van der Waals surface area (Å²) in [5.41, 5.74) is 7.96. The molecule has 1 atom stereocenters. The molecule has 0 radical (unpaired) electrons. The van der Waals surface area contributed by atoms with E-state index in [-0.39, 0.29) is 18.7 Å². The van der Waals surface area contributed by atoms with Gasteiger partial charge in [0, 0.05) is 50.0 Å². The van der Waals surface area contributed by atoms with Crippen LogP contribution in [0.2, 0.25) is 0 Å². The van der Waals surface area contributed by atoms with Gasteiger partial charge in [-0.3, -0.25) is 18.8 Å². The Balaban J connectivity index is 1.50. The third-order valence-corrected chi connectivity index (χ3v) is 7.86. The number of rotatable bonds is 8. The van der Waals surface area contributed by atoms with Gasteiger partial charge >= 0.3 is 5.69 Å². The van der Waals surface area contributed by atoms with Crippen molar-refractivity contribution in [3.63, 3.8) is 0 Å². The minimum atomic E-state index is -0.771. The van der Waals surface area contributed by atoms with E-state index in [1.54, 1.807) is 13.0 Å². The second-order valence-corrected chi connectivity index (χ2v) is 10.5. The quantitative estimate of drug-likeness (QED) is 0.348. The highest BCUT2D eigenvalue weighted by Gasteiger charge is 2.27. The molecule has 3 aromatic carbocycles. The molecule has 0 unspecified atom stereocenters. The first kappa shape index (κ1) is 28.9. The van der Waals surface area contributed by atoms with Crippen molar-refractivity contribution in [2.45, 2.75) is 32.6 Å². The van der Waals surface area contributed by atoms with Gasteiger partial charge in [-0.25, -0.2) is 13.6 Å². The van der Waals surface area contributed by atoms with Crippen LogP contribution >= 0.6 is 0 Å². The maximum atomic E-state index is 14.7. The van der Waals surface area contributed by atoms with Crippen molar-refractivity contribution in [3.05, 3.63) is 133 Å². The summed E-state index contributed by atoms with van der Waals surface area (Å²) in [6.45, 7) is 3.96. The average molecular weight is 571 g/mol. The first-order valence-corrected chi connectivity index (χ1v) is 13.8. The van der Waals surface area contributed by atoms with Crippen molar-refractivity contribution in [1.82, 2.24) is 14.0 Å². The fourth-order valence-electron chi connectivity index (χ4n) is 5.48. The SMILES string of the molecule is Cc1c(N2CCN(Cc3ccccc3C#N)CC2)c(=O)n(C[C@@H](N)c2ccccc2)c(=O)n1Cc1c(F)cccc1F. The number of piperazine rings is 1. The van der Waals surface area contributed by atoms with Gasteiger partial charge in [-0.1, -0.05) is 54.6 Å². The number of aromatic nitrogens is 2. The van der Waals surface area contributed by atoms with E-state index in [0.29, 0.717) is 49.7 Å². The van der Waals surface area contributed by atoms with Crippen molar-refractivity contribution < 1.29 is 8.78 Å². The summed E-state index contributed by atoms with van der Waals surface area (Å²) in [4.78, 5) is 31.8. The van der Waals surface area contributed by atoms with Gasteiger partial charge in [0.05, 0.1) is 24.7 Å². The summed E-state index contributed by atoms with van der Waals surface area (Å²) < 4.78 is 31.7. The van der Waals surface area contributed by atoms with E-state index >= 15 is 0 Å². The van der Waals surface area contributed by atoms with Crippen LogP contribution in [0, 0.1) is 29.9 Å². The molecule has 1 aromatic heterocycles. The van der Waals surface area contributed by atoms with E-state index < -0.39 is 28.9 Å². The lowest BCUT2D eigenvalue weighted by Gasteiger charge is -2.37. The third-order valence-electron chi connectivity index (χ3n) is 7.86. The van der Waals surface area contributed by atoms with Crippen LogP contribution in [0.3, 0.4) is 0 Å². The molecule has 0 amide bonds. The molecule has 8 nitrogen and oxygen atoms in total. The number of anilines is 1. The molecule has 1 saturated heterocycles. The molecule has 10 heteroatoms. The summed E-state index contributed by atoms with van der Waals surface area (Å²) in [5.74, 6) is -1.54. The predicted molar refractivity (Wildman–Crippen MR) is 157 cm³/mol. The van der Waals surface area contributed by atoms with Crippen molar-refractivity contribution in [1.29, 1.82) is 5.26 Å². The second-order valence-electron chi connectivity index (χ2n) is 10.5. The molecule has 216 valence electrons. The molecule has 0 saturated carbocycles. The van der Waals surface area contributed by atoms with Gasteiger partial charge < -0.3 is 10.6 Å². The Morgan fingerprint density at radius 2 is 1.50 bits per heavy atom. The van der Waals surface area contributed by atoms with Crippen molar-refractivity contribution in [2.24, 2.45) is 5.73 Å². The highest BCUT2D eigenvalue weighted by atomic mass is 19.1. The van der Waals surface area contributed by atoms with Gasteiger partial charge in [0.25, 0.3) is 5.56 Å². The van der Waals surface area contributed by atoms with Crippen LogP contribution in [-0.2, 0) is 19.6 Å². The molecule has 5 rings (SSSR count). The van der Waals surface area contributed by atoms with Gasteiger partial charge in [-0.2, -0.15) is 5.26 Å². The Kier molecular flexibility index (Phi) is 8.61. The van der Waals surface area contributed by atoms with Crippen LogP contribution in [0.1, 0.15) is 34.0 Å². The topological polar surface area (TPSA) is 100 Å². The smallest absolute Gasteiger partial charge is 0.331 e. The minimum absolute atomic E-state index is 0.0976. The number of hydrogen-bond donors (Lipinski definition) is 1. The highest BCUT2D eigenvalue weighted by molar-refractivity contribution is 5.50. The van der Waals surface area contributed by atoms with Crippen LogP contribution in [0.5, 0.6) is 0 Å². The normalized spacial score (nSPS) is 14.5. The van der Waals surface area contributed by atoms with E-state index in [2.05, 4.69) is 11.0 Å². The van der Waals surface area contributed by atoms with E-state index in [9.17, 15) is 23.6 Å². The molecule has 0 bridgehead atoms. The van der Waals surface area contributed by atoms with Gasteiger partial charge in [-0.15, -0.1) is 0 Å². The summed E-state index contributed by atoms with van der Waals surface area (Å²) in [6, 6.07) is 21.7. The molecule has 2 N–H and O–H groups in total. The number of nitrogens with zero attached hydrogens (tertiary/aromatic N) is 5. The molecule has 42 heavy (non-hydrogen) atoms. The standard InChI is InChI=1S/C32H32F2N6O2/c1-22-30(38-16-14-37(15-17-38)19-25-11-6-5-10-24(25)18-35)31(41)40(21-29(36)23-8-3-2-4-9-23)32(42)39(22)20-26-27(33)12-7-13-28(26)34/h2-13,29H,14-17,19-21,36H2,1H3/t29-/m1/s1. The van der Waals surface area contributed by atoms with Crippen LogP contribution in [0.25, 0.3) is 0 Å². The molecular formula is C32H32F2N6O2. The molecular weight excluding hydrogens is 538 g/mol. The van der Waals surface area contributed by atoms with E-state index in [1.165, 1.54) is 10.6 Å². The molecule has 2 heterocycles. The van der Waals surface area contributed by atoms with Gasteiger partial charge in [0.15, 0.2) is 0 Å². The predicted octanol–water partition coefficient (Wildman–Crippen LogP) is 3.54. The second kappa shape index (κ2) is 12.5. The maximum Gasteiger partial charge on any atom is 0.331 e. The zero-order chi connectivity index (χ0) is 29.8. The molecule has 1 aliphatic heterocycles. The zero-order valence-electron chi connectivity index (χ0n) is 23.3. The van der Waals surface area contributed by atoms with E-state index in [4.69, 9.17) is 5.73 Å². The minimum Gasteiger partial charge on any atom is -0.363 e. The van der Waals surface area contributed by atoms with Crippen LogP contribution in [0.15, 0.2) is 82.4 Å². The lowest BCUT2D eigenvalue weighted by molar-refractivity contribution is 0.249. The Labute approximate surface area is 242 Å². The maximum absolute atomic E-state index is 14.7. The number of halogens is 2. The van der Waals surface area contributed by atoms with Gasteiger partial charge in [0.2, 0.25) is 0 Å². The third kappa shape index (κ3) is 5.88. The largest absolute Gasteiger partial charge is 0.363 e. The lowest BCUT2D eigenvalue weighted by atomic mass is 10.1. The first-order valence-electron chi connectivity index (χ1n) is 13.8. The highest BCUT2D eigenvalue weighted by Crippen LogP contribution is 2.21. The van der Waals surface area contributed by atoms with Crippen LogP contribution < -0.4 is 21.9 Å². The zero-order valence-corrected chi connectivity index (χ0v) is 23.3. The summed E-state index contributed by atoms with van der Waals surface area (Å²) in [6.07, 6.45) is 0. The number of nitriles is 1. The number of nitrogens with two attached hydrogens (primary N) is 1. The summed E-state index contributed by atoms with van der Waals surface area (Å²) in [5, 5.41) is 9.45. The lowest BCUT2D eigenvalue weighted by Crippen LogP contribution is -2.51. The molecule has 1 fully saturated rings. The fourth-order valence-corrected chi connectivity index (χ4v) is 5.48. The van der Waals surface area contributed by atoms with E-state index in [1.807, 2.05) is 53.4 Å². The number of hydrogen-bond acceptors (Lipinski definition) is 6. The monoisotopic (exact) mass is 570 g/mol. The molecule has 0 spiro atoms. The molecule has 1 aliphatic rings. The number of benzene rings is 3. The Bertz CT molecular complexity index is 1720. The summed E-state index contributed by atoms with van der Waals surface area (Å²) >= 11 is 0. The Hall–Kier alpha value is -4.59. The van der Waals surface area contributed by atoms with Gasteiger partial charge in [0.1, 0.15) is 17.3 Å². The molecule has 0 aliphatic carbocycles. The van der Waals surface area contributed by atoms with Gasteiger partial charge in [-0.05, 0) is 36.2 Å². The average Bonchev–Trinajstić information content (AvgIpc) is 3.00. The van der Waals surface area contributed by atoms with Crippen LogP contribution in [-0.4, -0.2) is 40.2 Å². The van der Waals surface area contributed by atoms with Crippen LogP contribution in [0.4, 0.5) is 14.5 Å². The van der Waals surface area contributed by atoms with Crippen molar-refractivity contribution in [3.8, 4) is 6.07 Å².